The number of carboxylic acids is 1. The third kappa shape index (κ3) is 5.71. The van der Waals surface area contributed by atoms with E-state index >= 15 is 0 Å². The first-order chi connectivity index (χ1) is 11.4. The molecule has 6 nitrogen and oxygen atoms in total. The van der Waals surface area contributed by atoms with Crippen molar-refractivity contribution in [3.05, 3.63) is 35.4 Å². The molecule has 1 fully saturated rings. The zero-order valence-corrected chi connectivity index (χ0v) is 14.9. The number of ether oxygens (including phenoxy) is 1. The maximum absolute atomic E-state index is 12.1. The van der Waals surface area contributed by atoms with Crippen molar-refractivity contribution in [3.8, 4) is 0 Å². The van der Waals surface area contributed by atoms with Crippen LogP contribution in [0.5, 0.6) is 0 Å². The van der Waals surface area contributed by atoms with Gasteiger partial charge in [-0.2, -0.15) is 0 Å². The summed E-state index contributed by atoms with van der Waals surface area (Å²) >= 11 is 0. The maximum Gasteiger partial charge on any atom is 0.335 e. The number of morpholine rings is 1. The first-order valence-corrected chi connectivity index (χ1v) is 10.4. The summed E-state index contributed by atoms with van der Waals surface area (Å²) in [5.41, 5.74) is 1.07. The van der Waals surface area contributed by atoms with Crippen LogP contribution in [0.15, 0.2) is 24.3 Å². The number of hydrogen-bond acceptors (Lipinski definition) is 4. The minimum absolute atomic E-state index is 0.00969. The Hall–Kier alpha value is -1.20. The van der Waals surface area contributed by atoms with Gasteiger partial charge in [0.2, 0.25) is 7.37 Å². The van der Waals surface area contributed by atoms with Crippen LogP contribution < -0.4 is 5.32 Å². The summed E-state index contributed by atoms with van der Waals surface area (Å²) in [6.45, 7) is 2.92. The molecule has 1 aromatic rings. The molecule has 1 aliphatic rings. The first kappa shape index (κ1) is 19.1. The van der Waals surface area contributed by atoms with Crippen LogP contribution in [0.2, 0.25) is 0 Å². The van der Waals surface area contributed by atoms with Gasteiger partial charge in [-0.1, -0.05) is 31.5 Å². The Balaban J connectivity index is 1.85. The molecule has 3 atom stereocenters. The Morgan fingerprint density at radius 3 is 2.79 bits per heavy atom. The zero-order chi connectivity index (χ0) is 17.6. The number of nitrogens with one attached hydrogen (secondary N) is 1. The number of rotatable bonds is 8. The lowest BCUT2D eigenvalue weighted by molar-refractivity contribution is 0.0162. The number of unbranched alkanes of at least 4 members (excludes halogenated alkanes) is 1. The van der Waals surface area contributed by atoms with Gasteiger partial charge in [-0.05, 0) is 24.5 Å². The Kier molecular flexibility index (Phi) is 6.99. The lowest BCUT2D eigenvalue weighted by atomic mass is 10.00. The van der Waals surface area contributed by atoms with E-state index in [4.69, 9.17) is 4.74 Å². The second-order valence-electron chi connectivity index (χ2n) is 6.33. The molecule has 24 heavy (non-hydrogen) atoms. The number of benzene rings is 1. The predicted molar refractivity (Wildman–Crippen MR) is 93.1 cm³/mol. The second kappa shape index (κ2) is 8.77. The van der Waals surface area contributed by atoms with E-state index in [1.54, 1.807) is 12.1 Å². The Bertz CT molecular complexity index is 598. The molecule has 134 valence electrons. The summed E-state index contributed by atoms with van der Waals surface area (Å²) in [5, 5.41) is 12.5. The predicted octanol–water partition coefficient (Wildman–Crippen LogP) is 2.35. The van der Waals surface area contributed by atoms with Crippen molar-refractivity contribution in [2.24, 2.45) is 0 Å². The summed E-state index contributed by atoms with van der Waals surface area (Å²) in [6.07, 6.45) is 2.48. The molecule has 0 bridgehead atoms. The van der Waals surface area contributed by atoms with Crippen LogP contribution in [-0.4, -0.2) is 53.6 Å². The molecule has 2 rings (SSSR count). The molecule has 7 heteroatoms. The van der Waals surface area contributed by atoms with Gasteiger partial charge in [0, 0.05) is 18.7 Å². The van der Waals surface area contributed by atoms with Gasteiger partial charge in [-0.15, -0.1) is 0 Å². The normalized spacial score (nSPS) is 23.6. The molecule has 1 aliphatic heterocycles. The molecule has 0 aliphatic carbocycles. The van der Waals surface area contributed by atoms with E-state index in [-0.39, 0.29) is 18.3 Å². The van der Waals surface area contributed by atoms with E-state index in [1.165, 1.54) is 0 Å². The molecular weight excluding hydrogens is 329 g/mol. The molecule has 1 saturated heterocycles. The van der Waals surface area contributed by atoms with Crippen molar-refractivity contribution in [2.45, 2.75) is 38.3 Å². The summed E-state index contributed by atoms with van der Waals surface area (Å²) < 4.78 is 17.9. The summed E-state index contributed by atoms with van der Waals surface area (Å²) in [7, 11) is -3.13. The summed E-state index contributed by atoms with van der Waals surface area (Å²) in [4.78, 5) is 21.2. The minimum Gasteiger partial charge on any atom is -0.478 e. The maximum atomic E-state index is 12.1. The van der Waals surface area contributed by atoms with Gasteiger partial charge in [0.15, 0.2) is 0 Å². The van der Waals surface area contributed by atoms with Crippen LogP contribution in [0.25, 0.3) is 0 Å². The molecule has 0 radical (unpaired) electrons. The number of aromatic carboxylic acids is 1. The van der Waals surface area contributed by atoms with E-state index in [0.29, 0.717) is 31.3 Å². The van der Waals surface area contributed by atoms with Crippen LogP contribution in [0.1, 0.15) is 35.7 Å². The number of hydrogen-bond donors (Lipinski definition) is 3. The zero-order valence-electron chi connectivity index (χ0n) is 14.0. The highest BCUT2D eigenvalue weighted by molar-refractivity contribution is 7.58. The van der Waals surface area contributed by atoms with Crippen LogP contribution in [-0.2, 0) is 15.7 Å². The quantitative estimate of drug-likeness (QED) is 0.620. The third-order valence-corrected chi connectivity index (χ3v) is 6.22. The van der Waals surface area contributed by atoms with Gasteiger partial charge in [0.05, 0.1) is 24.4 Å². The molecule has 0 aromatic heterocycles. The fourth-order valence-corrected chi connectivity index (χ4v) is 4.77. The monoisotopic (exact) mass is 355 g/mol. The fraction of sp³-hybridized carbons (Fsp3) is 0.588. The van der Waals surface area contributed by atoms with E-state index in [9.17, 15) is 19.4 Å². The molecule has 3 N–H and O–H groups in total. The standard InChI is InChI=1S/C17H26NO5P/c1-2-3-8-24(21,22)12-15-10-18-14(11-23-15)9-13-6-4-5-7-16(13)17(19)20/h4-7,14-15,18H,2-3,8-12H2,1H3,(H,19,20)(H,21,22). The number of carbonyl (C=O) groups is 1. The summed E-state index contributed by atoms with van der Waals surface area (Å²) in [5.74, 6) is -0.933. The highest BCUT2D eigenvalue weighted by atomic mass is 31.2. The second-order valence-corrected chi connectivity index (χ2v) is 8.84. The highest BCUT2D eigenvalue weighted by Gasteiger charge is 2.28. The van der Waals surface area contributed by atoms with Crippen molar-refractivity contribution < 1.29 is 24.1 Å². The third-order valence-electron chi connectivity index (χ3n) is 4.23. The van der Waals surface area contributed by atoms with Crippen LogP contribution in [0.4, 0.5) is 0 Å². The largest absolute Gasteiger partial charge is 0.478 e. The number of carboxylic acid groups (broad SMARTS) is 1. The lowest BCUT2D eigenvalue weighted by Crippen LogP contribution is -2.48. The van der Waals surface area contributed by atoms with Crippen LogP contribution in [0, 0.1) is 0 Å². The summed E-state index contributed by atoms with van der Waals surface area (Å²) in [6, 6.07) is 6.95. The van der Waals surface area contributed by atoms with Gasteiger partial charge >= 0.3 is 5.97 Å². The van der Waals surface area contributed by atoms with Gasteiger partial charge in [-0.25, -0.2) is 4.79 Å². The molecule has 1 heterocycles. The van der Waals surface area contributed by atoms with Crippen molar-refractivity contribution >= 4 is 13.3 Å². The molecule has 0 saturated carbocycles. The smallest absolute Gasteiger partial charge is 0.335 e. The fourth-order valence-electron chi connectivity index (χ4n) is 2.90. The topological polar surface area (TPSA) is 95.9 Å². The minimum atomic E-state index is -3.13. The Morgan fingerprint density at radius 2 is 2.17 bits per heavy atom. The Morgan fingerprint density at radius 1 is 1.42 bits per heavy atom. The Labute approximate surface area is 142 Å². The van der Waals surface area contributed by atoms with E-state index in [1.807, 2.05) is 19.1 Å². The van der Waals surface area contributed by atoms with E-state index in [2.05, 4.69) is 5.32 Å². The van der Waals surface area contributed by atoms with E-state index in [0.717, 1.165) is 18.4 Å². The van der Waals surface area contributed by atoms with Crippen LogP contribution in [0.3, 0.4) is 0 Å². The first-order valence-electron chi connectivity index (χ1n) is 8.38. The molecule has 3 unspecified atom stereocenters. The molecule has 0 amide bonds. The van der Waals surface area contributed by atoms with Gasteiger partial charge in [0.25, 0.3) is 0 Å². The highest BCUT2D eigenvalue weighted by Crippen LogP contribution is 2.42. The van der Waals surface area contributed by atoms with E-state index < -0.39 is 13.3 Å². The van der Waals surface area contributed by atoms with Gasteiger partial charge < -0.3 is 20.1 Å². The van der Waals surface area contributed by atoms with Gasteiger partial charge in [-0.3, -0.25) is 4.57 Å². The lowest BCUT2D eigenvalue weighted by Gasteiger charge is -2.31. The van der Waals surface area contributed by atoms with Crippen LogP contribution >= 0.6 is 7.37 Å². The SMILES string of the molecule is CCCCP(=O)(O)CC1CNC(Cc2ccccc2C(=O)O)CO1. The average Bonchev–Trinajstić information content (AvgIpc) is 2.55. The average molecular weight is 355 g/mol. The van der Waals surface area contributed by atoms with Crippen molar-refractivity contribution in [3.63, 3.8) is 0 Å². The van der Waals surface area contributed by atoms with Crippen molar-refractivity contribution in [2.75, 3.05) is 25.5 Å². The van der Waals surface area contributed by atoms with Crippen molar-refractivity contribution in [1.82, 2.24) is 5.32 Å². The van der Waals surface area contributed by atoms with Gasteiger partial charge in [0.1, 0.15) is 0 Å². The molecular formula is C17H26NO5P. The van der Waals surface area contributed by atoms with Crippen molar-refractivity contribution in [1.29, 1.82) is 0 Å². The molecule has 1 aromatic carbocycles. The molecule has 0 spiro atoms.